The summed E-state index contributed by atoms with van der Waals surface area (Å²) >= 11 is 5.89. The molecule has 1 aromatic carbocycles. The first-order chi connectivity index (χ1) is 9.15. The molecule has 106 valence electrons. The van der Waals surface area contributed by atoms with Gasteiger partial charge in [0.2, 0.25) is 0 Å². The van der Waals surface area contributed by atoms with E-state index in [9.17, 15) is 5.11 Å². The summed E-state index contributed by atoms with van der Waals surface area (Å²) in [6, 6.07) is 5.39. The molecule has 2 rings (SSSR count). The summed E-state index contributed by atoms with van der Waals surface area (Å²) in [5, 5.41) is 13.3. The third-order valence-electron chi connectivity index (χ3n) is 4.12. The molecular weight excluding hydrogens is 258 g/mol. The van der Waals surface area contributed by atoms with Crippen molar-refractivity contribution in [3.8, 4) is 5.75 Å². The molecule has 1 saturated carbocycles. The number of nitrogens with one attached hydrogen (secondary N) is 1. The fourth-order valence-electron chi connectivity index (χ4n) is 3.02. The van der Waals surface area contributed by atoms with E-state index in [2.05, 4.69) is 12.2 Å². The number of phenols is 1. The third kappa shape index (κ3) is 4.70. The minimum Gasteiger partial charge on any atom is -0.506 e. The lowest BCUT2D eigenvalue weighted by Gasteiger charge is -2.26. The first-order valence-corrected chi connectivity index (χ1v) is 7.71. The molecule has 0 aromatic heterocycles. The zero-order chi connectivity index (χ0) is 13.7. The molecule has 19 heavy (non-hydrogen) atoms. The summed E-state index contributed by atoms with van der Waals surface area (Å²) in [6.07, 6.45) is 6.88. The van der Waals surface area contributed by atoms with Crippen molar-refractivity contribution in [3.05, 3.63) is 28.8 Å². The van der Waals surface area contributed by atoms with Gasteiger partial charge in [-0.2, -0.15) is 0 Å². The Labute approximate surface area is 121 Å². The molecule has 1 aliphatic rings. The molecule has 0 bridgehead atoms. The van der Waals surface area contributed by atoms with Crippen molar-refractivity contribution in [3.63, 3.8) is 0 Å². The van der Waals surface area contributed by atoms with Crippen molar-refractivity contribution < 1.29 is 5.11 Å². The van der Waals surface area contributed by atoms with Gasteiger partial charge in [0.05, 0.1) is 5.02 Å². The fourth-order valence-corrected chi connectivity index (χ4v) is 3.22. The number of hydrogen-bond acceptors (Lipinski definition) is 2. The normalized spacial score (nSPS) is 23.5. The molecule has 2 nitrogen and oxygen atoms in total. The summed E-state index contributed by atoms with van der Waals surface area (Å²) < 4.78 is 0. The average Bonchev–Trinajstić information content (AvgIpc) is 2.39. The summed E-state index contributed by atoms with van der Waals surface area (Å²) in [6.45, 7) is 4.26. The van der Waals surface area contributed by atoms with Gasteiger partial charge in [0.15, 0.2) is 0 Å². The molecule has 2 unspecified atom stereocenters. The number of benzene rings is 1. The Bertz CT molecular complexity index is 408. The van der Waals surface area contributed by atoms with Crippen LogP contribution in [0.4, 0.5) is 0 Å². The lowest BCUT2D eigenvalue weighted by Crippen LogP contribution is -2.21. The van der Waals surface area contributed by atoms with Crippen LogP contribution in [-0.4, -0.2) is 11.7 Å². The van der Waals surface area contributed by atoms with Crippen molar-refractivity contribution in [2.24, 2.45) is 11.8 Å². The largest absolute Gasteiger partial charge is 0.506 e. The summed E-state index contributed by atoms with van der Waals surface area (Å²) in [7, 11) is 0. The molecule has 1 fully saturated rings. The molecule has 0 spiro atoms. The monoisotopic (exact) mass is 281 g/mol. The summed E-state index contributed by atoms with van der Waals surface area (Å²) in [5.41, 5.74) is 1.12. The first-order valence-electron chi connectivity index (χ1n) is 7.33. The van der Waals surface area contributed by atoms with Gasteiger partial charge in [-0.05, 0) is 48.9 Å². The number of aromatic hydroxyl groups is 1. The fraction of sp³-hybridized carbons (Fsp3) is 0.625. The Morgan fingerprint density at radius 3 is 2.95 bits per heavy atom. The molecule has 0 radical (unpaired) electrons. The van der Waals surface area contributed by atoms with Crippen LogP contribution in [0.25, 0.3) is 0 Å². The maximum Gasteiger partial charge on any atom is 0.134 e. The number of rotatable bonds is 5. The van der Waals surface area contributed by atoms with Crippen molar-refractivity contribution >= 4 is 11.6 Å². The van der Waals surface area contributed by atoms with Crippen LogP contribution in [0.5, 0.6) is 5.75 Å². The zero-order valence-electron chi connectivity index (χ0n) is 11.7. The van der Waals surface area contributed by atoms with Crippen LogP contribution in [-0.2, 0) is 6.54 Å². The maximum absolute atomic E-state index is 9.36. The highest BCUT2D eigenvalue weighted by Crippen LogP contribution is 2.30. The maximum atomic E-state index is 9.36. The van der Waals surface area contributed by atoms with Crippen LogP contribution in [0.1, 0.15) is 44.6 Å². The smallest absolute Gasteiger partial charge is 0.134 e. The van der Waals surface area contributed by atoms with E-state index in [1.54, 1.807) is 6.07 Å². The lowest BCUT2D eigenvalue weighted by atomic mass is 9.81. The second-order valence-electron chi connectivity index (χ2n) is 5.89. The van der Waals surface area contributed by atoms with Crippen LogP contribution in [0, 0.1) is 11.8 Å². The Hall–Kier alpha value is -0.730. The minimum absolute atomic E-state index is 0.154. The van der Waals surface area contributed by atoms with E-state index in [-0.39, 0.29) is 5.75 Å². The van der Waals surface area contributed by atoms with E-state index in [4.69, 9.17) is 11.6 Å². The quantitative estimate of drug-likeness (QED) is 0.787. The van der Waals surface area contributed by atoms with Gasteiger partial charge >= 0.3 is 0 Å². The van der Waals surface area contributed by atoms with Gasteiger partial charge in [-0.15, -0.1) is 0 Å². The molecule has 2 N–H and O–H groups in total. The van der Waals surface area contributed by atoms with Crippen LogP contribution < -0.4 is 5.32 Å². The van der Waals surface area contributed by atoms with Crippen LogP contribution >= 0.6 is 11.6 Å². The van der Waals surface area contributed by atoms with Crippen molar-refractivity contribution in [1.82, 2.24) is 5.32 Å². The zero-order valence-corrected chi connectivity index (χ0v) is 12.4. The predicted octanol–water partition coefficient (Wildman–Crippen LogP) is 4.35. The van der Waals surface area contributed by atoms with Crippen LogP contribution in [0.2, 0.25) is 5.02 Å². The highest BCUT2D eigenvalue weighted by molar-refractivity contribution is 6.32. The topological polar surface area (TPSA) is 32.3 Å². The van der Waals surface area contributed by atoms with Crippen LogP contribution in [0.3, 0.4) is 0 Å². The predicted molar refractivity (Wildman–Crippen MR) is 80.6 cm³/mol. The van der Waals surface area contributed by atoms with Gasteiger partial charge in [0.1, 0.15) is 5.75 Å². The highest BCUT2D eigenvalue weighted by Gasteiger charge is 2.17. The van der Waals surface area contributed by atoms with Gasteiger partial charge in [0.25, 0.3) is 0 Å². The molecule has 3 heteroatoms. The van der Waals surface area contributed by atoms with Crippen molar-refractivity contribution in [2.45, 2.75) is 45.6 Å². The van der Waals surface area contributed by atoms with E-state index in [1.807, 2.05) is 12.1 Å². The number of hydrogen-bond donors (Lipinski definition) is 2. The van der Waals surface area contributed by atoms with E-state index in [1.165, 1.54) is 32.1 Å². The number of phenolic OH excluding ortho intramolecular Hbond substituents is 1. The van der Waals surface area contributed by atoms with E-state index < -0.39 is 0 Å². The standard InChI is InChI=1S/C16H24ClNO/c1-12-3-2-4-13(9-12)7-8-18-11-14-5-6-16(19)15(17)10-14/h5-6,10,12-13,18-19H,2-4,7-9,11H2,1H3. The average molecular weight is 282 g/mol. The van der Waals surface area contributed by atoms with Crippen LogP contribution in [0.15, 0.2) is 18.2 Å². The second kappa shape index (κ2) is 7.16. The van der Waals surface area contributed by atoms with Gasteiger partial charge in [-0.3, -0.25) is 0 Å². The van der Waals surface area contributed by atoms with Gasteiger partial charge < -0.3 is 10.4 Å². The van der Waals surface area contributed by atoms with Crippen molar-refractivity contribution in [2.75, 3.05) is 6.54 Å². The third-order valence-corrected chi connectivity index (χ3v) is 4.42. The SMILES string of the molecule is CC1CCCC(CCNCc2ccc(O)c(Cl)c2)C1. The molecule has 0 saturated heterocycles. The molecule has 0 aliphatic heterocycles. The Balaban J connectivity index is 1.67. The summed E-state index contributed by atoms with van der Waals surface area (Å²) in [5.74, 6) is 1.97. The van der Waals surface area contributed by atoms with E-state index in [0.29, 0.717) is 5.02 Å². The Morgan fingerprint density at radius 1 is 1.37 bits per heavy atom. The number of halogens is 1. The molecule has 0 heterocycles. The van der Waals surface area contributed by atoms with Crippen molar-refractivity contribution in [1.29, 1.82) is 0 Å². The Kier molecular flexibility index (Phi) is 5.53. The highest BCUT2D eigenvalue weighted by atomic mass is 35.5. The van der Waals surface area contributed by atoms with E-state index >= 15 is 0 Å². The molecule has 0 amide bonds. The lowest BCUT2D eigenvalue weighted by molar-refractivity contribution is 0.267. The molecule has 1 aliphatic carbocycles. The molecule has 1 aromatic rings. The van der Waals surface area contributed by atoms with Gasteiger partial charge in [-0.25, -0.2) is 0 Å². The second-order valence-corrected chi connectivity index (χ2v) is 6.30. The van der Waals surface area contributed by atoms with Gasteiger partial charge in [0, 0.05) is 6.54 Å². The molecule has 2 atom stereocenters. The Morgan fingerprint density at radius 2 is 2.21 bits per heavy atom. The minimum atomic E-state index is 0.154. The van der Waals surface area contributed by atoms with Gasteiger partial charge in [-0.1, -0.05) is 43.9 Å². The molecular formula is C16H24ClNO. The summed E-state index contributed by atoms with van der Waals surface area (Å²) in [4.78, 5) is 0. The van der Waals surface area contributed by atoms with E-state index in [0.717, 1.165) is 30.5 Å². The first kappa shape index (κ1) is 14.7.